The summed E-state index contributed by atoms with van der Waals surface area (Å²) < 4.78 is 55.7. The number of aliphatic hydroxyl groups is 1. The van der Waals surface area contributed by atoms with E-state index in [0.29, 0.717) is 45.9 Å². The van der Waals surface area contributed by atoms with Gasteiger partial charge in [0.05, 0.1) is 6.61 Å². The third-order valence-corrected chi connectivity index (χ3v) is 8.05. The molecule has 17 heteroatoms. The van der Waals surface area contributed by atoms with Crippen molar-refractivity contribution in [3.63, 3.8) is 0 Å². The number of rotatable bonds is 10. The van der Waals surface area contributed by atoms with Crippen LogP contribution in [0.2, 0.25) is 0 Å². The minimum absolute atomic E-state index is 0.0201. The largest absolute Gasteiger partial charge is 0.457 e. The minimum atomic E-state index is -1.59. The summed E-state index contributed by atoms with van der Waals surface area (Å²) in [5.41, 5.74) is 0.904. The molecule has 0 saturated carbocycles. The van der Waals surface area contributed by atoms with Crippen LogP contribution in [0, 0.1) is 0 Å². The van der Waals surface area contributed by atoms with Crippen molar-refractivity contribution in [3.05, 3.63) is 91.0 Å². The molecule has 0 unspecified atom stereocenters. The van der Waals surface area contributed by atoms with Gasteiger partial charge in [-0.05, 0) is 60.7 Å². The van der Waals surface area contributed by atoms with Gasteiger partial charge in [0.1, 0.15) is 17.6 Å². The van der Waals surface area contributed by atoms with Crippen molar-refractivity contribution < 1.29 is 66.9 Å². The Bertz CT molecular complexity index is 1930. The molecule has 3 heterocycles. The number of ether oxygens (including phenoxy) is 10. The van der Waals surface area contributed by atoms with Crippen LogP contribution in [0.3, 0.4) is 0 Å². The number of carbonyl (C=O) groups excluding carboxylic acids is 3. The van der Waals surface area contributed by atoms with E-state index in [9.17, 15) is 19.5 Å². The van der Waals surface area contributed by atoms with Crippen molar-refractivity contribution in [2.45, 2.75) is 30.7 Å². The Balaban J connectivity index is 1.09. The van der Waals surface area contributed by atoms with Gasteiger partial charge in [-0.25, -0.2) is 14.4 Å². The van der Waals surface area contributed by atoms with E-state index in [1.165, 1.54) is 19.2 Å². The van der Waals surface area contributed by atoms with Crippen LogP contribution >= 0.6 is 0 Å². The second kappa shape index (κ2) is 15.9. The molecule has 0 aromatic heterocycles. The van der Waals surface area contributed by atoms with Crippen molar-refractivity contribution in [3.8, 4) is 34.5 Å². The molecule has 4 aromatic rings. The number of aliphatic hydroxyl groups excluding tert-OH is 1. The van der Waals surface area contributed by atoms with Crippen molar-refractivity contribution in [1.82, 2.24) is 0 Å². The quantitative estimate of drug-likeness (QED) is 0.150. The summed E-state index contributed by atoms with van der Waals surface area (Å²) in [6.07, 6.45) is -10.4. The van der Waals surface area contributed by atoms with Gasteiger partial charge in [-0.2, -0.15) is 0 Å². The number of hydrogen-bond acceptors (Lipinski definition) is 14. The topological polar surface area (TPSA) is 200 Å². The monoisotopic (exact) mass is 731 g/mol. The van der Waals surface area contributed by atoms with Crippen molar-refractivity contribution in [2.75, 3.05) is 43.3 Å². The Labute approximate surface area is 301 Å². The fraction of sp³-hybridized carbons (Fsp3) is 0.250. The van der Waals surface area contributed by atoms with E-state index >= 15 is 0 Å². The fourth-order valence-corrected chi connectivity index (χ4v) is 5.61. The van der Waals surface area contributed by atoms with Crippen LogP contribution in [-0.2, 0) is 23.7 Å². The molecule has 0 aliphatic carbocycles. The number of benzene rings is 4. The van der Waals surface area contributed by atoms with Gasteiger partial charge in [-0.15, -0.1) is 0 Å². The van der Waals surface area contributed by atoms with E-state index < -0.39 is 55.6 Å². The lowest BCUT2D eigenvalue weighted by molar-refractivity contribution is -0.290. The van der Waals surface area contributed by atoms with Crippen LogP contribution in [-0.4, -0.2) is 81.4 Å². The fourth-order valence-electron chi connectivity index (χ4n) is 5.61. The van der Waals surface area contributed by atoms with Crippen LogP contribution in [0.25, 0.3) is 0 Å². The molecule has 53 heavy (non-hydrogen) atoms. The number of hydrogen-bond donors (Lipinski definition) is 4. The standard InChI is InChI=1S/C36H33N3O14/c1-44-33-32(53-36(43)39-22-10-14-26-28(16-22)48-19-46-26)31(52-35(42)38-21-9-13-25-27(15-21)47-18-45-25)30(29(17-40)50-33)51-34(41)37-20-7-11-24(12-8-20)49-23-5-3-2-4-6-23/h2-16,29-33,40H,17-19H2,1H3,(H,37,41)(H,38,42)(H,39,43)/t29-,30-,31+,32-,33+/m1/s1. The molecule has 3 amide bonds. The molecule has 4 aromatic carbocycles. The third-order valence-electron chi connectivity index (χ3n) is 8.05. The summed E-state index contributed by atoms with van der Waals surface area (Å²) in [7, 11) is 1.26. The lowest BCUT2D eigenvalue weighted by Gasteiger charge is -2.43. The van der Waals surface area contributed by atoms with Crippen molar-refractivity contribution in [2.24, 2.45) is 0 Å². The van der Waals surface area contributed by atoms with Gasteiger partial charge in [0.15, 0.2) is 47.6 Å². The van der Waals surface area contributed by atoms with Crippen LogP contribution < -0.4 is 39.6 Å². The predicted molar refractivity (Wildman–Crippen MR) is 183 cm³/mol. The zero-order valence-corrected chi connectivity index (χ0v) is 27.9. The van der Waals surface area contributed by atoms with Gasteiger partial charge in [-0.1, -0.05) is 18.2 Å². The van der Waals surface area contributed by atoms with E-state index in [4.69, 9.17) is 47.4 Å². The maximum atomic E-state index is 13.4. The van der Waals surface area contributed by atoms with Crippen molar-refractivity contribution >= 4 is 35.3 Å². The Hall–Kier alpha value is -6.43. The number of nitrogens with one attached hydrogen (secondary N) is 3. The lowest BCUT2D eigenvalue weighted by atomic mass is 9.98. The van der Waals surface area contributed by atoms with Gasteiger partial charge in [0.25, 0.3) is 0 Å². The van der Waals surface area contributed by atoms with E-state index in [1.54, 1.807) is 60.7 Å². The minimum Gasteiger partial charge on any atom is -0.457 e. The predicted octanol–water partition coefficient (Wildman–Crippen LogP) is 5.45. The van der Waals surface area contributed by atoms with Gasteiger partial charge in [0.2, 0.25) is 13.6 Å². The average Bonchev–Trinajstić information content (AvgIpc) is 3.83. The highest BCUT2D eigenvalue weighted by atomic mass is 16.7. The summed E-state index contributed by atoms with van der Waals surface area (Å²) in [5, 5.41) is 18.0. The van der Waals surface area contributed by atoms with E-state index in [2.05, 4.69) is 16.0 Å². The van der Waals surface area contributed by atoms with Crippen LogP contribution in [0.15, 0.2) is 91.0 Å². The first-order chi connectivity index (χ1) is 25.8. The van der Waals surface area contributed by atoms with E-state index in [0.717, 1.165) is 0 Å². The van der Waals surface area contributed by atoms with E-state index in [-0.39, 0.29) is 19.3 Å². The lowest BCUT2D eigenvalue weighted by Crippen LogP contribution is -2.63. The van der Waals surface area contributed by atoms with Crippen LogP contribution in [0.4, 0.5) is 31.4 Å². The second-order valence-corrected chi connectivity index (χ2v) is 11.5. The van der Waals surface area contributed by atoms with Crippen molar-refractivity contribution in [1.29, 1.82) is 0 Å². The molecule has 7 rings (SSSR count). The first kappa shape index (κ1) is 35.0. The molecule has 4 N–H and O–H groups in total. The summed E-state index contributed by atoms with van der Waals surface area (Å²) >= 11 is 0. The van der Waals surface area contributed by atoms with Gasteiger partial charge in [-0.3, -0.25) is 16.0 Å². The average molecular weight is 732 g/mol. The smallest absolute Gasteiger partial charge is 0.412 e. The highest BCUT2D eigenvalue weighted by molar-refractivity contribution is 5.87. The van der Waals surface area contributed by atoms with Gasteiger partial charge < -0.3 is 52.5 Å². The molecule has 5 atom stereocenters. The molecule has 0 radical (unpaired) electrons. The summed E-state index contributed by atoms with van der Waals surface area (Å²) in [6, 6.07) is 24.9. The third kappa shape index (κ3) is 8.39. The highest BCUT2D eigenvalue weighted by Gasteiger charge is 2.53. The van der Waals surface area contributed by atoms with E-state index in [1.807, 2.05) is 18.2 Å². The molecule has 276 valence electrons. The first-order valence-electron chi connectivity index (χ1n) is 16.2. The Morgan fingerprint density at radius 2 is 1.11 bits per heavy atom. The Morgan fingerprint density at radius 1 is 0.623 bits per heavy atom. The van der Waals surface area contributed by atoms with Crippen LogP contribution in [0.1, 0.15) is 0 Å². The molecular weight excluding hydrogens is 698 g/mol. The SMILES string of the molecule is CO[C@H]1O[C@H](CO)[C@@H](OC(=O)Nc2ccc(Oc3ccccc3)cc2)[C@H](OC(=O)Nc2ccc3c(c2)OCO3)[C@H]1OC(=O)Nc1ccc2c(c1)OCO2. The zero-order chi connectivity index (χ0) is 36.7. The number of amides is 3. The molecule has 3 aliphatic heterocycles. The second-order valence-electron chi connectivity index (χ2n) is 11.5. The maximum absolute atomic E-state index is 13.4. The maximum Gasteiger partial charge on any atom is 0.412 e. The zero-order valence-electron chi connectivity index (χ0n) is 27.9. The molecule has 1 saturated heterocycles. The van der Waals surface area contributed by atoms with Gasteiger partial charge >= 0.3 is 18.3 Å². The number of anilines is 3. The number of methoxy groups -OCH3 is 1. The highest BCUT2D eigenvalue weighted by Crippen LogP contribution is 2.36. The summed E-state index contributed by atoms with van der Waals surface area (Å²) in [6.45, 7) is -0.657. The number of carbonyl (C=O) groups is 3. The molecule has 3 aliphatic rings. The summed E-state index contributed by atoms with van der Waals surface area (Å²) in [4.78, 5) is 40.0. The summed E-state index contributed by atoms with van der Waals surface area (Å²) in [5.74, 6) is 2.93. The molecule has 0 spiro atoms. The first-order valence-corrected chi connectivity index (χ1v) is 16.2. The molecule has 17 nitrogen and oxygen atoms in total. The number of para-hydroxylation sites is 1. The normalized spacial score (nSPS) is 20.8. The Morgan fingerprint density at radius 3 is 1.68 bits per heavy atom. The van der Waals surface area contributed by atoms with Gasteiger partial charge in [0, 0.05) is 36.3 Å². The van der Waals surface area contributed by atoms with Crippen LogP contribution in [0.5, 0.6) is 34.5 Å². The Kier molecular flexibility index (Phi) is 10.5. The molecule has 1 fully saturated rings. The molecule has 0 bridgehead atoms. The molecular formula is C36H33N3O14. The number of fused-ring (bicyclic) bond motifs is 2.